The summed E-state index contributed by atoms with van der Waals surface area (Å²) >= 11 is 0. The molecule has 3 saturated heterocycles. The molecule has 1 aliphatic carbocycles. The molecule has 0 radical (unpaired) electrons. The monoisotopic (exact) mass is 335 g/mol. The molecule has 0 bridgehead atoms. The Balaban J connectivity index is 1.08. The van der Waals surface area contributed by atoms with Gasteiger partial charge in [0.2, 0.25) is 0 Å². The van der Waals surface area contributed by atoms with Gasteiger partial charge in [0.05, 0.1) is 11.4 Å². The zero-order valence-corrected chi connectivity index (χ0v) is 15.1. The van der Waals surface area contributed by atoms with E-state index in [0.29, 0.717) is 11.0 Å². The molecular formula is C22H29N3. The molecule has 3 heteroatoms. The van der Waals surface area contributed by atoms with Crippen LogP contribution in [0.15, 0.2) is 55.0 Å². The smallest absolute Gasteiger partial charge is 0.0967 e. The molecule has 0 aromatic heterocycles. The number of rotatable bonds is 4. The summed E-state index contributed by atoms with van der Waals surface area (Å²) in [6, 6.07) is 11.0. The summed E-state index contributed by atoms with van der Waals surface area (Å²) in [6.45, 7) is 13.1. The Morgan fingerprint density at radius 2 is 1.76 bits per heavy atom. The summed E-state index contributed by atoms with van der Waals surface area (Å²) < 4.78 is 0. The van der Waals surface area contributed by atoms with Crippen LogP contribution in [0.4, 0.5) is 0 Å². The minimum Gasteiger partial charge on any atom is -0.380 e. The van der Waals surface area contributed by atoms with Crippen molar-refractivity contribution in [3.8, 4) is 0 Å². The van der Waals surface area contributed by atoms with Crippen molar-refractivity contribution in [1.82, 2.24) is 15.1 Å². The highest BCUT2D eigenvalue weighted by molar-refractivity contribution is 5.22. The van der Waals surface area contributed by atoms with Crippen LogP contribution < -0.4 is 5.32 Å². The average molecular weight is 335 g/mol. The molecule has 2 spiro atoms. The van der Waals surface area contributed by atoms with Gasteiger partial charge in [0.1, 0.15) is 0 Å². The zero-order chi connectivity index (χ0) is 17.1. The van der Waals surface area contributed by atoms with Gasteiger partial charge in [-0.25, -0.2) is 0 Å². The van der Waals surface area contributed by atoms with E-state index in [0.717, 1.165) is 25.4 Å². The van der Waals surface area contributed by atoms with Crippen LogP contribution in [0.2, 0.25) is 0 Å². The Kier molecular flexibility index (Phi) is 3.25. The lowest BCUT2D eigenvalue weighted by atomic mass is 9.56. The van der Waals surface area contributed by atoms with Crippen molar-refractivity contribution in [3.63, 3.8) is 0 Å². The largest absolute Gasteiger partial charge is 0.380 e. The first-order chi connectivity index (χ1) is 12.0. The van der Waals surface area contributed by atoms with Crippen LogP contribution in [0.1, 0.15) is 31.2 Å². The van der Waals surface area contributed by atoms with Crippen molar-refractivity contribution >= 4 is 0 Å². The van der Waals surface area contributed by atoms with E-state index in [1.165, 1.54) is 55.9 Å². The van der Waals surface area contributed by atoms with Gasteiger partial charge in [-0.3, -0.25) is 0 Å². The lowest BCUT2D eigenvalue weighted by molar-refractivity contribution is -0.0979. The van der Waals surface area contributed by atoms with E-state index in [1.54, 1.807) is 0 Å². The summed E-state index contributed by atoms with van der Waals surface area (Å²) in [4.78, 5) is 4.97. The van der Waals surface area contributed by atoms with E-state index in [-0.39, 0.29) is 0 Å². The molecule has 1 aromatic rings. The molecule has 3 aliphatic heterocycles. The average Bonchev–Trinajstić information content (AvgIpc) is 2.89. The maximum absolute atomic E-state index is 4.38. The van der Waals surface area contributed by atoms with Gasteiger partial charge in [-0.15, -0.1) is 0 Å². The normalized spacial score (nSPS) is 26.2. The van der Waals surface area contributed by atoms with Crippen LogP contribution in [0.25, 0.3) is 0 Å². The minimum absolute atomic E-state index is 0.305. The molecule has 25 heavy (non-hydrogen) atoms. The molecule has 4 fully saturated rings. The molecule has 5 rings (SSSR count). The van der Waals surface area contributed by atoms with Gasteiger partial charge in [-0.2, -0.15) is 0 Å². The Morgan fingerprint density at radius 3 is 2.40 bits per heavy atom. The van der Waals surface area contributed by atoms with E-state index in [4.69, 9.17) is 0 Å². The number of likely N-dealkylation sites (tertiary alicyclic amines) is 2. The van der Waals surface area contributed by atoms with E-state index >= 15 is 0 Å². The van der Waals surface area contributed by atoms with Crippen LogP contribution >= 0.6 is 0 Å². The molecule has 1 N–H and O–H groups in total. The predicted molar refractivity (Wildman–Crippen MR) is 102 cm³/mol. The molecule has 3 heterocycles. The third-order valence-corrected chi connectivity index (χ3v) is 6.93. The summed E-state index contributed by atoms with van der Waals surface area (Å²) in [6.07, 6.45) is 6.43. The van der Waals surface area contributed by atoms with Crippen LogP contribution in [0.5, 0.6) is 0 Å². The molecule has 1 saturated carbocycles. The Bertz CT molecular complexity index is 687. The molecule has 132 valence electrons. The number of allylic oxidation sites excluding steroid dienone is 1. The van der Waals surface area contributed by atoms with Crippen LogP contribution in [0, 0.1) is 11.3 Å². The van der Waals surface area contributed by atoms with Gasteiger partial charge < -0.3 is 15.1 Å². The van der Waals surface area contributed by atoms with Crippen molar-refractivity contribution in [3.05, 3.63) is 60.6 Å². The third kappa shape index (κ3) is 2.56. The van der Waals surface area contributed by atoms with Gasteiger partial charge in [-0.1, -0.05) is 43.5 Å². The van der Waals surface area contributed by atoms with Gasteiger partial charge in [0, 0.05) is 37.3 Å². The Morgan fingerprint density at radius 1 is 1.08 bits per heavy atom. The second-order valence-corrected chi connectivity index (χ2v) is 9.10. The highest BCUT2D eigenvalue weighted by Crippen LogP contribution is 2.54. The molecule has 0 amide bonds. The maximum atomic E-state index is 4.38. The minimum atomic E-state index is 0.305. The predicted octanol–water partition coefficient (Wildman–Crippen LogP) is 3.36. The lowest BCUT2D eigenvalue weighted by Crippen LogP contribution is -2.70. The standard InChI is InChI=1S/C22H29N3/c1-17-8-9-22(23-17)15-25(16-22)18(2)24-13-21(14-24)11-20(12-21)10-19-6-4-3-5-7-19/h3-7,20,23H,1-2,8-16H2. The van der Waals surface area contributed by atoms with Crippen LogP contribution in [0.3, 0.4) is 0 Å². The summed E-state index contributed by atoms with van der Waals surface area (Å²) in [5.74, 6) is 2.14. The van der Waals surface area contributed by atoms with E-state index in [9.17, 15) is 0 Å². The molecule has 1 aromatic carbocycles. The van der Waals surface area contributed by atoms with Crippen LogP contribution in [-0.2, 0) is 6.42 Å². The lowest BCUT2D eigenvalue weighted by Gasteiger charge is -2.63. The Labute approximate surface area is 151 Å². The third-order valence-electron chi connectivity index (χ3n) is 6.93. The van der Waals surface area contributed by atoms with Gasteiger partial charge in [0.25, 0.3) is 0 Å². The van der Waals surface area contributed by atoms with Gasteiger partial charge in [0.15, 0.2) is 0 Å². The second kappa shape index (κ2) is 5.30. The fourth-order valence-electron chi connectivity index (χ4n) is 5.66. The van der Waals surface area contributed by atoms with Crippen molar-refractivity contribution in [1.29, 1.82) is 0 Å². The number of nitrogens with zero attached hydrogens (tertiary/aromatic N) is 2. The number of hydrogen-bond acceptors (Lipinski definition) is 3. The highest BCUT2D eigenvalue weighted by atomic mass is 15.4. The van der Waals surface area contributed by atoms with Crippen LogP contribution in [-0.4, -0.2) is 41.5 Å². The van der Waals surface area contributed by atoms with E-state index in [1.807, 2.05) is 0 Å². The molecular weight excluding hydrogens is 306 g/mol. The number of benzene rings is 1. The SMILES string of the molecule is C=C1CCC2(CN(C(=C)N3CC4(CC(Cc5ccccc5)C4)C3)C2)N1. The number of nitrogens with one attached hydrogen (secondary N) is 1. The fraction of sp³-hybridized carbons (Fsp3) is 0.545. The molecule has 0 unspecified atom stereocenters. The van der Waals surface area contributed by atoms with Crippen molar-refractivity contribution in [2.45, 2.75) is 37.6 Å². The molecule has 4 aliphatic rings. The van der Waals surface area contributed by atoms with Crippen molar-refractivity contribution in [2.75, 3.05) is 26.2 Å². The summed E-state index contributed by atoms with van der Waals surface area (Å²) in [7, 11) is 0. The molecule has 3 nitrogen and oxygen atoms in total. The van der Waals surface area contributed by atoms with Crippen molar-refractivity contribution < 1.29 is 0 Å². The second-order valence-electron chi connectivity index (χ2n) is 9.10. The van der Waals surface area contributed by atoms with Crippen molar-refractivity contribution in [2.24, 2.45) is 11.3 Å². The first-order valence-electron chi connectivity index (χ1n) is 9.74. The highest BCUT2D eigenvalue weighted by Gasteiger charge is 2.54. The van der Waals surface area contributed by atoms with Gasteiger partial charge >= 0.3 is 0 Å². The topological polar surface area (TPSA) is 18.5 Å². The van der Waals surface area contributed by atoms with E-state index < -0.39 is 0 Å². The molecule has 0 atom stereocenters. The maximum Gasteiger partial charge on any atom is 0.0967 e. The fourth-order valence-corrected chi connectivity index (χ4v) is 5.66. The summed E-state index contributed by atoms with van der Waals surface area (Å²) in [5, 5.41) is 3.60. The first-order valence-corrected chi connectivity index (χ1v) is 9.74. The quantitative estimate of drug-likeness (QED) is 0.910. The summed E-state index contributed by atoms with van der Waals surface area (Å²) in [5.41, 5.74) is 3.62. The number of hydrogen-bond donors (Lipinski definition) is 1. The first kappa shape index (κ1) is 15.4. The van der Waals surface area contributed by atoms with Gasteiger partial charge in [-0.05, 0) is 43.6 Å². The Hall–Kier alpha value is -1.90. The zero-order valence-electron chi connectivity index (χ0n) is 15.1. The van der Waals surface area contributed by atoms with E-state index in [2.05, 4.69) is 58.6 Å².